The summed E-state index contributed by atoms with van der Waals surface area (Å²) in [4.78, 5) is 49.1. The second-order valence-electron chi connectivity index (χ2n) is 6.80. The average Bonchev–Trinajstić information content (AvgIpc) is 3.05. The van der Waals surface area contributed by atoms with E-state index in [1.807, 2.05) is 0 Å². The predicted molar refractivity (Wildman–Crippen MR) is 91.8 cm³/mol. The van der Waals surface area contributed by atoms with E-state index < -0.39 is 54.5 Å². The topological polar surface area (TPSA) is 162 Å². The van der Waals surface area contributed by atoms with Crippen molar-refractivity contribution in [3.05, 3.63) is 0 Å². The minimum atomic E-state index is -1.17. The molecule has 0 bridgehead atoms. The van der Waals surface area contributed by atoms with Gasteiger partial charge in [-0.2, -0.15) is 0 Å². The highest BCUT2D eigenvalue weighted by Gasteiger charge is 2.39. The molecule has 0 aromatic rings. The summed E-state index contributed by atoms with van der Waals surface area (Å²) < 4.78 is 0. The molecule has 1 heterocycles. The highest BCUT2D eigenvalue weighted by Crippen LogP contribution is 2.20. The van der Waals surface area contributed by atoms with Crippen LogP contribution in [0.4, 0.5) is 0 Å². The van der Waals surface area contributed by atoms with E-state index in [9.17, 15) is 24.3 Å². The maximum absolute atomic E-state index is 12.9. The van der Waals surface area contributed by atoms with E-state index in [4.69, 9.17) is 10.8 Å². The van der Waals surface area contributed by atoms with Crippen LogP contribution in [-0.2, 0) is 19.2 Å². The highest BCUT2D eigenvalue weighted by atomic mass is 16.4. The number of aliphatic hydroxyl groups is 1. The first kappa shape index (κ1) is 21.8. The summed E-state index contributed by atoms with van der Waals surface area (Å²) in [6.07, 6.45) is -0.0503. The molecule has 0 aromatic heterocycles. The van der Waals surface area contributed by atoms with E-state index >= 15 is 0 Å². The Hall–Kier alpha value is -2.20. The fourth-order valence-corrected chi connectivity index (χ4v) is 2.74. The maximum atomic E-state index is 12.9. The molecular weight excluding hydrogens is 344 g/mol. The standard InChI is InChI=1S/C16H28N4O6/c1-8(2)13(19-15(25)12(17)9(3)21)16(26)20-6-4-5-10(20)14(24)18-7-11(22)23/h8-10,12-13,21H,4-7,17H2,1-3H3,(H,18,24)(H,19,25)(H,22,23). The minimum Gasteiger partial charge on any atom is -0.480 e. The Labute approximate surface area is 152 Å². The van der Waals surface area contributed by atoms with Crippen LogP contribution in [0, 0.1) is 5.92 Å². The van der Waals surface area contributed by atoms with Gasteiger partial charge in [0.15, 0.2) is 0 Å². The smallest absolute Gasteiger partial charge is 0.322 e. The quantitative estimate of drug-likeness (QED) is 0.330. The second kappa shape index (κ2) is 9.48. The molecule has 26 heavy (non-hydrogen) atoms. The lowest BCUT2D eigenvalue weighted by Gasteiger charge is -2.31. The molecule has 3 amide bonds. The number of amides is 3. The van der Waals surface area contributed by atoms with Gasteiger partial charge in [0.25, 0.3) is 0 Å². The van der Waals surface area contributed by atoms with Gasteiger partial charge in [0, 0.05) is 6.54 Å². The molecule has 0 spiro atoms. The van der Waals surface area contributed by atoms with E-state index in [-0.39, 0.29) is 5.92 Å². The summed E-state index contributed by atoms with van der Waals surface area (Å²) in [7, 11) is 0. The van der Waals surface area contributed by atoms with Crippen LogP contribution in [0.1, 0.15) is 33.6 Å². The zero-order chi connectivity index (χ0) is 20.0. The van der Waals surface area contributed by atoms with Crippen LogP contribution >= 0.6 is 0 Å². The number of nitrogens with two attached hydrogens (primary N) is 1. The van der Waals surface area contributed by atoms with Crippen molar-refractivity contribution in [2.45, 2.75) is 57.8 Å². The summed E-state index contributed by atoms with van der Waals surface area (Å²) in [6, 6.07) is -2.84. The number of aliphatic carboxylic acids is 1. The average molecular weight is 372 g/mol. The summed E-state index contributed by atoms with van der Waals surface area (Å²) >= 11 is 0. The first-order chi connectivity index (χ1) is 12.1. The fraction of sp³-hybridized carbons (Fsp3) is 0.750. The normalized spacial score (nSPS) is 20.4. The molecule has 0 aromatic carbocycles. The lowest BCUT2D eigenvalue weighted by Crippen LogP contribution is -2.58. The zero-order valence-electron chi connectivity index (χ0n) is 15.3. The van der Waals surface area contributed by atoms with Gasteiger partial charge in [0.1, 0.15) is 24.7 Å². The van der Waals surface area contributed by atoms with E-state index in [1.165, 1.54) is 11.8 Å². The monoisotopic (exact) mass is 372 g/mol. The van der Waals surface area contributed by atoms with Crippen LogP contribution in [0.5, 0.6) is 0 Å². The highest BCUT2D eigenvalue weighted by molar-refractivity contribution is 5.94. The SMILES string of the molecule is CC(C)C(NC(=O)C(N)C(C)O)C(=O)N1CCCC1C(=O)NCC(=O)O. The number of likely N-dealkylation sites (tertiary alicyclic amines) is 1. The Balaban J connectivity index is 2.85. The number of carbonyl (C=O) groups is 4. The summed E-state index contributed by atoms with van der Waals surface area (Å²) in [5.74, 6) is -3.06. The zero-order valence-corrected chi connectivity index (χ0v) is 15.3. The summed E-state index contributed by atoms with van der Waals surface area (Å²) in [5.41, 5.74) is 5.60. The molecule has 0 radical (unpaired) electrons. The van der Waals surface area contributed by atoms with Gasteiger partial charge in [0.05, 0.1) is 6.10 Å². The van der Waals surface area contributed by atoms with Gasteiger partial charge in [-0.25, -0.2) is 0 Å². The maximum Gasteiger partial charge on any atom is 0.322 e. The van der Waals surface area contributed by atoms with Crippen molar-refractivity contribution >= 4 is 23.7 Å². The van der Waals surface area contributed by atoms with Gasteiger partial charge < -0.3 is 31.5 Å². The Morgan fingerprint density at radius 2 is 1.85 bits per heavy atom. The van der Waals surface area contributed by atoms with Gasteiger partial charge in [-0.3, -0.25) is 19.2 Å². The Morgan fingerprint density at radius 3 is 2.35 bits per heavy atom. The van der Waals surface area contributed by atoms with Crippen LogP contribution < -0.4 is 16.4 Å². The molecule has 0 aliphatic carbocycles. The number of carboxylic acids is 1. The van der Waals surface area contributed by atoms with Gasteiger partial charge in [-0.15, -0.1) is 0 Å². The van der Waals surface area contributed by atoms with Crippen molar-refractivity contribution in [3.63, 3.8) is 0 Å². The number of nitrogens with one attached hydrogen (secondary N) is 2. The molecule has 10 nitrogen and oxygen atoms in total. The molecule has 1 fully saturated rings. The lowest BCUT2D eigenvalue weighted by atomic mass is 10.0. The van der Waals surface area contributed by atoms with Crippen LogP contribution in [-0.4, -0.2) is 76.1 Å². The lowest BCUT2D eigenvalue weighted by molar-refractivity contribution is -0.143. The number of rotatable bonds is 8. The predicted octanol–water partition coefficient (Wildman–Crippen LogP) is -1.97. The molecule has 1 rings (SSSR count). The van der Waals surface area contributed by atoms with Gasteiger partial charge in [-0.05, 0) is 25.7 Å². The molecule has 6 N–H and O–H groups in total. The van der Waals surface area contributed by atoms with Crippen molar-refractivity contribution in [1.82, 2.24) is 15.5 Å². The molecule has 148 valence electrons. The van der Waals surface area contributed by atoms with Gasteiger partial charge in [-0.1, -0.05) is 13.8 Å². The minimum absolute atomic E-state index is 0.268. The van der Waals surface area contributed by atoms with Gasteiger partial charge >= 0.3 is 5.97 Å². The number of carbonyl (C=O) groups excluding carboxylic acids is 3. The largest absolute Gasteiger partial charge is 0.480 e. The van der Waals surface area contributed by atoms with Crippen molar-refractivity contribution in [3.8, 4) is 0 Å². The van der Waals surface area contributed by atoms with E-state index in [2.05, 4.69) is 10.6 Å². The Morgan fingerprint density at radius 1 is 1.23 bits per heavy atom. The third kappa shape index (κ3) is 5.67. The van der Waals surface area contributed by atoms with Crippen LogP contribution in [0.15, 0.2) is 0 Å². The molecule has 10 heteroatoms. The first-order valence-corrected chi connectivity index (χ1v) is 8.60. The van der Waals surface area contributed by atoms with Crippen molar-refractivity contribution in [2.75, 3.05) is 13.1 Å². The van der Waals surface area contributed by atoms with Gasteiger partial charge in [0.2, 0.25) is 17.7 Å². The Kier molecular flexibility index (Phi) is 7.97. The molecule has 1 saturated heterocycles. The summed E-state index contributed by atoms with van der Waals surface area (Å²) in [6.45, 7) is 4.68. The van der Waals surface area contributed by atoms with E-state index in [1.54, 1.807) is 13.8 Å². The summed E-state index contributed by atoms with van der Waals surface area (Å²) in [5, 5.41) is 22.9. The molecular formula is C16H28N4O6. The first-order valence-electron chi connectivity index (χ1n) is 8.60. The number of nitrogens with zero attached hydrogens (tertiary/aromatic N) is 1. The molecule has 4 unspecified atom stereocenters. The van der Waals surface area contributed by atoms with Crippen LogP contribution in [0.3, 0.4) is 0 Å². The number of hydrogen-bond donors (Lipinski definition) is 5. The molecule has 0 saturated carbocycles. The number of hydrogen-bond acceptors (Lipinski definition) is 6. The van der Waals surface area contributed by atoms with Crippen LogP contribution in [0.2, 0.25) is 0 Å². The molecule has 1 aliphatic heterocycles. The third-order valence-corrected chi connectivity index (χ3v) is 4.31. The second-order valence-corrected chi connectivity index (χ2v) is 6.80. The Bertz CT molecular complexity index is 551. The van der Waals surface area contributed by atoms with Crippen LogP contribution in [0.25, 0.3) is 0 Å². The number of aliphatic hydroxyl groups excluding tert-OH is 1. The van der Waals surface area contributed by atoms with Crippen molar-refractivity contribution < 1.29 is 29.4 Å². The fourth-order valence-electron chi connectivity index (χ4n) is 2.74. The number of carboxylic acid groups (broad SMARTS) is 1. The van der Waals surface area contributed by atoms with E-state index in [0.29, 0.717) is 19.4 Å². The molecule has 4 atom stereocenters. The van der Waals surface area contributed by atoms with E-state index in [0.717, 1.165) is 0 Å². The third-order valence-electron chi connectivity index (χ3n) is 4.31. The van der Waals surface area contributed by atoms with Crippen molar-refractivity contribution in [2.24, 2.45) is 11.7 Å². The van der Waals surface area contributed by atoms with Crippen molar-refractivity contribution in [1.29, 1.82) is 0 Å². The molecule has 1 aliphatic rings.